The van der Waals surface area contributed by atoms with Crippen LogP contribution in [0.25, 0.3) is 0 Å². The van der Waals surface area contributed by atoms with Crippen LogP contribution in [0.1, 0.15) is 23.8 Å². The molecule has 1 amide bonds. The van der Waals surface area contributed by atoms with Gasteiger partial charge in [-0.1, -0.05) is 0 Å². The molecule has 7 heteroatoms. The maximum absolute atomic E-state index is 11.4. The van der Waals surface area contributed by atoms with Gasteiger partial charge in [-0.05, 0) is 19.1 Å². The highest BCUT2D eigenvalue weighted by molar-refractivity contribution is 5.92. The van der Waals surface area contributed by atoms with E-state index in [9.17, 15) is 9.59 Å². The van der Waals surface area contributed by atoms with E-state index < -0.39 is 12.0 Å². The predicted molar refractivity (Wildman–Crippen MR) is 68.5 cm³/mol. The number of carboxylic acid groups (broad SMARTS) is 1. The van der Waals surface area contributed by atoms with Gasteiger partial charge < -0.3 is 15.7 Å². The molecule has 0 saturated heterocycles. The minimum absolute atomic E-state index is 0.0229. The number of nitrogens with one attached hydrogen (secondary N) is 2. The van der Waals surface area contributed by atoms with Crippen molar-refractivity contribution >= 4 is 17.7 Å². The third-order valence-corrected chi connectivity index (χ3v) is 2.18. The summed E-state index contributed by atoms with van der Waals surface area (Å²) in [5, 5.41) is 21.5. The van der Waals surface area contributed by atoms with Crippen LogP contribution in [-0.2, 0) is 4.79 Å². The molecule has 3 N–H and O–H groups in total. The lowest BCUT2D eigenvalue weighted by molar-refractivity contribution is -0.137. The first-order valence-corrected chi connectivity index (χ1v) is 5.63. The molecule has 1 rings (SSSR count). The number of amides is 1. The van der Waals surface area contributed by atoms with Gasteiger partial charge in [0.15, 0.2) is 5.69 Å². The standard InChI is InChI=1S/C12H14N4O3/c1-3-5-9(12(18)19)14-10-7-6-8(15-16-10)11(17)13-4-2/h1,6-7,9H,4-5H2,2H3,(H,13,17)(H,14,16)(H,18,19). The summed E-state index contributed by atoms with van der Waals surface area (Å²) in [6.45, 7) is 2.28. The Balaban J connectivity index is 2.73. The molecule has 7 nitrogen and oxygen atoms in total. The Morgan fingerprint density at radius 1 is 1.47 bits per heavy atom. The Hall–Kier alpha value is -2.62. The SMILES string of the molecule is C#CCC(Nc1ccc(C(=O)NCC)nn1)C(=O)O. The monoisotopic (exact) mass is 262 g/mol. The zero-order valence-electron chi connectivity index (χ0n) is 10.4. The quantitative estimate of drug-likeness (QED) is 0.629. The van der Waals surface area contributed by atoms with Crippen LogP contribution in [-0.4, -0.2) is 39.8 Å². The zero-order chi connectivity index (χ0) is 14.3. The molecule has 0 spiro atoms. The summed E-state index contributed by atoms with van der Waals surface area (Å²) in [5.74, 6) is 1.10. The molecule has 0 fully saturated rings. The summed E-state index contributed by atoms with van der Waals surface area (Å²) < 4.78 is 0. The number of rotatable bonds is 6. The van der Waals surface area contributed by atoms with Gasteiger partial charge in [-0.3, -0.25) is 4.79 Å². The molecule has 1 unspecified atom stereocenters. The molecule has 0 radical (unpaired) electrons. The number of aliphatic carboxylic acids is 1. The van der Waals surface area contributed by atoms with Crippen molar-refractivity contribution in [3.8, 4) is 12.3 Å². The molecule has 0 aliphatic heterocycles. The molecule has 0 aliphatic rings. The van der Waals surface area contributed by atoms with Gasteiger partial charge in [-0.15, -0.1) is 22.5 Å². The first-order valence-electron chi connectivity index (χ1n) is 5.63. The number of hydrogen-bond donors (Lipinski definition) is 3. The first kappa shape index (κ1) is 14.4. The van der Waals surface area contributed by atoms with Crippen molar-refractivity contribution in [3.63, 3.8) is 0 Å². The fourth-order valence-corrected chi connectivity index (χ4v) is 1.28. The molecule has 0 bridgehead atoms. The lowest BCUT2D eigenvalue weighted by Gasteiger charge is -2.11. The van der Waals surface area contributed by atoms with Crippen molar-refractivity contribution in [3.05, 3.63) is 17.8 Å². The lowest BCUT2D eigenvalue weighted by atomic mass is 10.2. The predicted octanol–water partition coefficient (Wildman–Crippen LogP) is 0.115. The third kappa shape index (κ3) is 4.27. The van der Waals surface area contributed by atoms with Gasteiger partial charge in [-0.25, -0.2) is 4.79 Å². The van der Waals surface area contributed by atoms with E-state index in [1.807, 2.05) is 0 Å². The van der Waals surface area contributed by atoms with Crippen LogP contribution in [0.4, 0.5) is 5.82 Å². The van der Waals surface area contributed by atoms with E-state index in [1.54, 1.807) is 6.92 Å². The van der Waals surface area contributed by atoms with Crippen LogP contribution in [0.3, 0.4) is 0 Å². The molecule has 19 heavy (non-hydrogen) atoms. The molecule has 0 aromatic carbocycles. The van der Waals surface area contributed by atoms with Gasteiger partial charge >= 0.3 is 5.97 Å². The number of anilines is 1. The van der Waals surface area contributed by atoms with Crippen molar-refractivity contribution in [2.45, 2.75) is 19.4 Å². The number of aromatic nitrogens is 2. The zero-order valence-corrected chi connectivity index (χ0v) is 10.4. The van der Waals surface area contributed by atoms with Crippen molar-refractivity contribution < 1.29 is 14.7 Å². The number of carbonyl (C=O) groups excluding carboxylic acids is 1. The Morgan fingerprint density at radius 2 is 2.21 bits per heavy atom. The van der Waals surface area contributed by atoms with Crippen LogP contribution in [0.15, 0.2) is 12.1 Å². The number of nitrogens with zero attached hydrogens (tertiary/aromatic N) is 2. The van der Waals surface area contributed by atoms with E-state index in [2.05, 4.69) is 26.8 Å². The van der Waals surface area contributed by atoms with E-state index in [0.29, 0.717) is 6.54 Å². The van der Waals surface area contributed by atoms with Gasteiger partial charge in [-0.2, -0.15) is 0 Å². The van der Waals surface area contributed by atoms with Gasteiger partial charge in [0.2, 0.25) is 0 Å². The summed E-state index contributed by atoms with van der Waals surface area (Å²) in [5.41, 5.74) is 0.163. The molecule has 1 heterocycles. The van der Waals surface area contributed by atoms with Crippen LogP contribution >= 0.6 is 0 Å². The molecule has 1 aromatic rings. The number of carbonyl (C=O) groups is 2. The minimum atomic E-state index is -1.08. The molecule has 100 valence electrons. The Kier molecular flexibility index (Phi) is 5.29. The molecule has 1 atom stereocenters. The van der Waals surface area contributed by atoms with E-state index in [-0.39, 0.29) is 23.8 Å². The summed E-state index contributed by atoms with van der Waals surface area (Å²) in [6, 6.07) is 1.99. The smallest absolute Gasteiger partial charge is 0.327 e. The molecule has 0 saturated carbocycles. The summed E-state index contributed by atoms with van der Waals surface area (Å²) in [6.07, 6.45) is 5.10. The topological polar surface area (TPSA) is 104 Å². The highest BCUT2D eigenvalue weighted by Crippen LogP contribution is 2.06. The Bertz CT molecular complexity index is 493. The van der Waals surface area contributed by atoms with Crippen molar-refractivity contribution in [2.75, 3.05) is 11.9 Å². The average Bonchev–Trinajstić information content (AvgIpc) is 2.39. The van der Waals surface area contributed by atoms with Gasteiger partial charge in [0.25, 0.3) is 5.91 Å². The maximum atomic E-state index is 11.4. The number of terminal acetylenes is 1. The highest BCUT2D eigenvalue weighted by atomic mass is 16.4. The van der Waals surface area contributed by atoms with Gasteiger partial charge in [0, 0.05) is 13.0 Å². The second kappa shape index (κ2) is 6.96. The average molecular weight is 262 g/mol. The maximum Gasteiger partial charge on any atom is 0.327 e. The molecule has 0 aliphatic carbocycles. The second-order valence-electron chi connectivity index (χ2n) is 3.61. The van der Waals surface area contributed by atoms with E-state index in [1.165, 1.54) is 12.1 Å². The Morgan fingerprint density at radius 3 is 2.68 bits per heavy atom. The normalized spacial score (nSPS) is 11.2. The van der Waals surface area contributed by atoms with Crippen molar-refractivity contribution in [1.29, 1.82) is 0 Å². The van der Waals surface area contributed by atoms with E-state index >= 15 is 0 Å². The van der Waals surface area contributed by atoms with Crippen LogP contribution in [0.2, 0.25) is 0 Å². The summed E-state index contributed by atoms with van der Waals surface area (Å²) in [7, 11) is 0. The van der Waals surface area contributed by atoms with Crippen molar-refractivity contribution in [1.82, 2.24) is 15.5 Å². The first-order chi connectivity index (χ1) is 9.08. The fourth-order valence-electron chi connectivity index (χ4n) is 1.28. The van der Waals surface area contributed by atoms with Crippen LogP contribution in [0.5, 0.6) is 0 Å². The lowest BCUT2D eigenvalue weighted by Crippen LogP contribution is -2.29. The van der Waals surface area contributed by atoms with E-state index in [0.717, 1.165) is 0 Å². The second-order valence-corrected chi connectivity index (χ2v) is 3.61. The van der Waals surface area contributed by atoms with Gasteiger partial charge in [0.1, 0.15) is 11.9 Å². The van der Waals surface area contributed by atoms with E-state index in [4.69, 9.17) is 11.5 Å². The third-order valence-electron chi connectivity index (χ3n) is 2.18. The van der Waals surface area contributed by atoms with Crippen molar-refractivity contribution in [2.24, 2.45) is 0 Å². The van der Waals surface area contributed by atoms with Gasteiger partial charge in [0.05, 0.1) is 0 Å². The van der Waals surface area contributed by atoms with Crippen LogP contribution < -0.4 is 10.6 Å². The number of hydrogen-bond acceptors (Lipinski definition) is 5. The highest BCUT2D eigenvalue weighted by Gasteiger charge is 2.16. The Labute approximate surface area is 110 Å². The number of carboxylic acids is 1. The summed E-state index contributed by atoms with van der Waals surface area (Å²) >= 11 is 0. The molecule has 1 aromatic heterocycles. The molecular formula is C12H14N4O3. The largest absolute Gasteiger partial charge is 0.480 e. The fraction of sp³-hybridized carbons (Fsp3) is 0.333. The molecular weight excluding hydrogens is 248 g/mol. The minimum Gasteiger partial charge on any atom is -0.480 e. The summed E-state index contributed by atoms with van der Waals surface area (Å²) in [4.78, 5) is 22.3. The van der Waals surface area contributed by atoms with Crippen LogP contribution in [0, 0.1) is 12.3 Å².